The predicted octanol–water partition coefficient (Wildman–Crippen LogP) is 5.95. The van der Waals surface area contributed by atoms with E-state index in [0.29, 0.717) is 17.2 Å². The largest absolute Gasteiger partial charge is 0.376 e. The van der Waals surface area contributed by atoms with Gasteiger partial charge < -0.3 is 4.74 Å². The molecule has 0 saturated carbocycles. The van der Waals surface area contributed by atoms with E-state index in [1.165, 1.54) is 11.3 Å². The van der Waals surface area contributed by atoms with Crippen molar-refractivity contribution in [2.45, 2.75) is 18.9 Å². The Morgan fingerprint density at radius 2 is 2.00 bits per heavy atom. The molecule has 3 heterocycles. The van der Waals surface area contributed by atoms with Gasteiger partial charge in [0.2, 0.25) is 0 Å². The van der Waals surface area contributed by atoms with Crippen molar-refractivity contribution in [2.24, 2.45) is 0 Å². The summed E-state index contributed by atoms with van der Waals surface area (Å²) in [6, 6.07) is 17.5. The van der Waals surface area contributed by atoms with Crippen LogP contribution in [0.5, 0.6) is 0 Å². The average molecular weight is 494 g/mol. The van der Waals surface area contributed by atoms with Gasteiger partial charge in [-0.15, -0.1) is 11.3 Å². The van der Waals surface area contributed by atoms with E-state index in [9.17, 15) is 4.79 Å². The van der Waals surface area contributed by atoms with Gasteiger partial charge in [0.1, 0.15) is 0 Å². The molecule has 0 aliphatic carbocycles. The fraction of sp³-hybridized carbons (Fsp3) is 0.208. The number of anilines is 1. The third-order valence-electron chi connectivity index (χ3n) is 5.40. The van der Waals surface area contributed by atoms with E-state index in [1.807, 2.05) is 53.9 Å². The first-order valence-electron chi connectivity index (χ1n) is 10.2. The summed E-state index contributed by atoms with van der Waals surface area (Å²) in [5.41, 5.74) is 3.31. The fourth-order valence-corrected chi connectivity index (χ4v) is 4.91. The van der Waals surface area contributed by atoms with Gasteiger partial charge in [-0.05, 0) is 37.1 Å². The summed E-state index contributed by atoms with van der Waals surface area (Å²) in [5, 5.41) is 3.52. The summed E-state index contributed by atoms with van der Waals surface area (Å²) in [6.07, 6.45) is 3.69. The van der Waals surface area contributed by atoms with E-state index in [4.69, 9.17) is 9.72 Å². The number of hydrogen-bond acceptors (Lipinski definition) is 5. The Hall–Kier alpha value is -2.61. The highest BCUT2D eigenvalue weighted by molar-refractivity contribution is 9.10. The van der Waals surface area contributed by atoms with E-state index in [2.05, 4.69) is 20.9 Å². The minimum atomic E-state index is -0.0780. The first kappa shape index (κ1) is 20.3. The molecule has 7 heteroatoms. The van der Waals surface area contributed by atoms with Gasteiger partial charge in [0.25, 0.3) is 5.91 Å². The van der Waals surface area contributed by atoms with Crippen molar-refractivity contribution in [1.82, 2.24) is 9.97 Å². The summed E-state index contributed by atoms with van der Waals surface area (Å²) in [5.74, 6) is -0.0780. The molecule has 5 nitrogen and oxygen atoms in total. The van der Waals surface area contributed by atoms with Crippen LogP contribution in [0.2, 0.25) is 0 Å². The van der Waals surface area contributed by atoms with E-state index in [1.54, 1.807) is 17.2 Å². The molecule has 0 spiro atoms. The highest BCUT2D eigenvalue weighted by atomic mass is 79.9. The van der Waals surface area contributed by atoms with Gasteiger partial charge in [0.15, 0.2) is 5.13 Å². The maximum absolute atomic E-state index is 13.7. The van der Waals surface area contributed by atoms with E-state index >= 15 is 0 Å². The van der Waals surface area contributed by atoms with Crippen LogP contribution in [0.1, 0.15) is 23.2 Å². The fourth-order valence-electron chi connectivity index (χ4n) is 3.81. The first-order chi connectivity index (χ1) is 15.2. The second-order valence-corrected chi connectivity index (χ2v) is 9.20. The molecule has 1 amide bonds. The lowest BCUT2D eigenvalue weighted by Crippen LogP contribution is -2.37. The molecule has 156 valence electrons. The van der Waals surface area contributed by atoms with Gasteiger partial charge in [-0.25, -0.2) is 4.98 Å². The molecule has 2 aromatic heterocycles. The molecule has 0 bridgehead atoms. The summed E-state index contributed by atoms with van der Waals surface area (Å²) < 4.78 is 6.87. The number of hydrogen-bond donors (Lipinski definition) is 0. The van der Waals surface area contributed by atoms with Gasteiger partial charge in [-0.1, -0.05) is 46.3 Å². The number of halogens is 1. The lowest BCUT2D eigenvalue weighted by atomic mass is 10.1. The number of fused-ring (bicyclic) bond motifs is 1. The molecule has 4 aromatic rings. The molecule has 1 aliphatic rings. The number of thiazole rings is 1. The van der Waals surface area contributed by atoms with E-state index in [0.717, 1.165) is 46.1 Å². The number of benzene rings is 2. The Morgan fingerprint density at radius 3 is 2.81 bits per heavy atom. The monoisotopic (exact) mass is 493 g/mol. The van der Waals surface area contributed by atoms with Crippen molar-refractivity contribution in [3.8, 4) is 11.3 Å². The summed E-state index contributed by atoms with van der Waals surface area (Å²) in [6.45, 7) is 1.23. The zero-order chi connectivity index (χ0) is 21.2. The highest BCUT2D eigenvalue weighted by Crippen LogP contribution is 2.31. The molecule has 31 heavy (non-hydrogen) atoms. The summed E-state index contributed by atoms with van der Waals surface area (Å²) in [7, 11) is 0. The smallest absolute Gasteiger partial charge is 0.260 e. The molecule has 5 rings (SSSR count). The number of nitrogens with zero attached hydrogens (tertiary/aromatic N) is 3. The average Bonchev–Trinajstić information content (AvgIpc) is 3.49. The molecular weight excluding hydrogens is 474 g/mol. The number of aromatic nitrogens is 2. The van der Waals surface area contributed by atoms with Crippen LogP contribution in [0.4, 0.5) is 5.13 Å². The molecule has 0 radical (unpaired) electrons. The van der Waals surface area contributed by atoms with Gasteiger partial charge in [0.05, 0.1) is 29.4 Å². The summed E-state index contributed by atoms with van der Waals surface area (Å²) in [4.78, 5) is 24.7. The Morgan fingerprint density at radius 1 is 1.16 bits per heavy atom. The normalized spacial score (nSPS) is 16.0. The van der Waals surface area contributed by atoms with Crippen LogP contribution in [-0.2, 0) is 4.74 Å². The number of para-hydroxylation sites is 1. The molecule has 0 N–H and O–H groups in total. The molecule has 1 aliphatic heterocycles. The van der Waals surface area contributed by atoms with Crippen molar-refractivity contribution in [1.29, 1.82) is 0 Å². The zero-order valence-corrected chi connectivity index (χ0v) is 19.1. The molecule has 1 atom stereocenters. The van der Waals surface area contributed by atoms with Crippen molar-refractivity contribution in [3.63, 3.8) is 0 Å². The number of rotatable bonds is 5. The van der Waals surface area contributed by atoms with Gasteiger partial charge >= 0.3 is 0 Å². The van der Waals surface area contributed by atoms with Crippen LogP contribution >= 0.6 is 27.3 Å². The Bertz CT molecular complexity index is 1210. The van der Waals surface area contributed by atoms with Crippen LogP contribution in [0, 0.1) is 0 Å². The van der Waals surface area contributed by atoms with E-state index < -0.39 is 0 Å². The van der Waals surface area contributed by atoms with Gasteiger partial charge in [0, 0.05) is 33.6 Å². The minimum absolute atomic E-state index is 0.0251. The van der Waals surface area contributed by atoms with Crippen LogP contribution in [0.3, 0.4) is 0 Å². The van der Waals surface area contributed by atoms with Crippen LogP contribution in [-0.4, -0.2) is 35.1 Å². The molecular formula is C24H20BrN3O2S. The van der Waals surface area contributed by atoms with Crippen molar-refractivity contribution in [3.05, 3.63) is 76.2 Å². The van der Waals surface area contributed by atoms with Crippen LogP contribution < -0.4 is 4.90 Å². The van der Waals surface area contributed by atoms with Crippen molar-refractivity contribution in [2.75, 3.05) is 18.1 Å². The minimum Gasteiger partial charge on any atom is -0.376 e. The molecule has 2 aromatic carbocycles. The number of carbonyl (C=O) groups excluding carboxylic acids is 1. The standard InChI is InChI=1S/C24H20BrN3O2S/c25-17-9-7-16(8-10-17)22-15-31-24(27-22)28(14-18-4-3-13-30-18)23(29)20-11-12-26-21-6-2-1-5-19(20)21/h1-2,5-12,15,18H,3-4,13-14H2. The highest BCUT2D eigenvalue weighted by Gasteiger charge is 2.28. The second kappa shape index (κ2) is 8.86. The summed E-state index contributed by atoms with van der Waals surface area (Å²) >= 11 is 4.95. The molecule has 1 unspecified atom stereocenters. The number of pyridine rings is 1. The van der Waals surface area contributed by atoms with Crippen molar-refractivity contribution >= 4 is 49.2 Å². The number of carbonyl (C=O) groups is 1. The first-order valence-corrected chi connectivity index (χ1v) is 11.8. The Balaban J connectivity index is 1.52. The third-order valence-corrected chi connectivity index (χ3v) is 6.79. The lowest BCUT2D eigenvalue weighted by Gasteiger charge is -2.23. The van der Waals surface area contributed by atoms with Crippen LogP contribution in [0.25, 0.3) is 22.2 Å². The zero-order valence-electron chi connectivity index (χ0n) is 16.7. The SMILES string of the molecule is O=C(c1ccnc2ccccc12)N(CC1CCCO1)c1nc(-c2ccc(Br)cc2)cs1. The third kappa shape index (κ3) is 4.26. The predicted molar refractivity (Wildman–Crippen MR) is 128 cm³/mol. The van der Waals surface area contributed by atoms with E-state index in [-0.39, 0.29) is 12.0 Å². The molecule has 1 fully saturated rings. The van der Waals surface area contributed by atoms with Crippen molar-refractivity contribution < 1.29 is 9.53 Å². The Labute approximate surface area is 192 Å². The van der Waals surface area contributed by atoms with Gasteiger partial charge in [-0.2, -0.15) is 0 Å². The lowest BCUT2D eigenvalue weighted by molar-refractivity contribution is 0.0918. The topological polar surface area (TPSA) is 55.3 Å². The molecule has 1 saturated heterocycles. The second-order valence-electron chi connectivity index (χ2n) is 7.45. The van der Waals surface area contributed by atoms with Gasteiger partial charge in [-0.3, -0.25) is 14.7 Å². The quantitative estimate of drug-likeness (QED) is 0.344. The number of ether oxygens (including phenoxy) is 1. The maximum atomic E-state index is 13.7. The maximum Gasteiger partial charge on any atom is 0.260 e. The number of amides is 1. The Kier molecular flexibility index (Phi) is 5.80. The van der Waals surface area contributed by atoms with Crippen LogP contribution in [0.15, 0.2) is 70.6 Å².